The minimum atomic E-state index is -0.362. The van der Waals surface area contributed by atoms with Crippen LogP contribution in [0.15, 0.2) is 36.5 Å². The van der Waals surface area contributed by atoms with Crippen molar-refractivity contribution in [1.29, 1.82) is 5.26 Å². The van der Waals surface area contributed by atoms with Crippen LogP contribution < -0.4 is 10.6 Å². The number of nitriles is 1. The van der Waals surface area contributed by atoms with Gasteiger partial charge in [-0.05, 0) is 31.0 Å². The molecule has 1 saturated carbocycles. The SMILES string of the molecule is N#Cc1ccccc1NC(=O)c1ccnc(NC2CC2)n1. The number of carbonyl (C=O) groups is 1. The second-order valence-electron chi connectivity index (χ2n) is 4.80. The van der Waals surface area contributed by atoms with Crippen LogP contribution in [0.5, 0.6) is 0 Å². The molecule has 0 bridgehead atoms. The van der Waals surface area contributed by atoms with Crippen LogP contribution in [0.3, 0.4) is 0 Å². The van der Waals surface area contributed by atoms with Crippen LogP contribution in [-0.2, 0) is 0 Å². The summed E-state index contributed by atoms with van der Waals surface area (Å²) >= 11 is 0. The van der Waals surface area contributed by atoms with E-state index in [0.717, 1.165) is 12.8 Å². The number of rotatable bonds is 4. The van der Waals surface area contributed by atoms with Crippen molar-refractivity contribution < 1.29 is 4.79 Å². The van der Waals surface area contributed by atoms with Crippen molar-refractivity contribution >= 4 is 17.5 Å². The molecular weight excluding hydrogens is 266 g/mol. The van der Waals surface area contributed by atoms with Gasteiger partial charge in [0.2, 0.25) is 5.95 Å². The summed E-state index contributed by atoms with van der Waals surface area (Å²) < 4.78 is 0. The second kappa shape index (κ2) is 5.59. The molecule has 1 aromatic carbocycles. The minimum absolute atomic E-state index is 0.265. The molecule has 0 spiro atoms. The van der Waals surface area contributed by atoms with Crippen LogP contribution >= 0.6 is 0 Å². The fourth-order valence-electron chi connectivity index (χ4n) is 1.84. The third-order valence-electron chi connectivity index (χ3n) is 3.09. The molecule has 1 aromatic heterocycles. The van der Waals surface area contributed by atoms with Gasteiger partial charge in [-0.3, -0.25) is 4.79 Å². The van der Waals surface area contributed by atoms with Gasteiger partial charge >= 0.3 is 0 Å². The average molecular weight is 279 g/mol. The van der Waals surface area contributed by atoms with Crippen LogP contribution in [-0.4, -0.2) is 21.9 Å². The Morgan fingerprint density at radius 3 is 2.86 bits per heavy atom. The number of amides is 1. The molecule has 2 aromatic rings. The van der Waals surface area contributed by atoms with E-state index in [2.05, 4.69) is 20.6 Å². The topological polar surface area (TPSA) is 90.7 Å². The zero-order valence-electron chi connectivity index (χ0n) is 11.2. The fourth-order valence-corrected chi connectivity index (χ4v) is 1.84. The Morgan fingerprint density at radius 2 is 2.10 bits per heavy atom. The molecule has 6 heteroatoms. The number of carbonyl (C=O) groups excluding carboxylic acids is 1. The van der Waals surface area contributed by atoms with Crippen LogP contribution in [0.1, 0.15) is 28.9 Å². The summed E-state index contributed by atoms with van der Waals surface area (Å²) in [5.41, 5.74) is 1.15. The lowest BCUT2D eigenvalue weighted by atomic mass is 10.2. The number of hydrogen-bond acceptors (Lipinski definition) is 5. The smallest absolute Gasteiger partial charge is 0.274 e. The van der Waals surface area contributed by atoms with Crippen LogP contribution in [0.25, 0.3) is 0 Å². The molecule has 1 amide bonds. The van der Waals surface area contributed by atoms with E-state index in [9.17, 15) is 4.79 Å². The van der Waals surface area contributed by atoms with Gasteiger partial charge in [0.05, 0.1) is 11.3 Å². The molecule has 0 unspecified atom stereocenters. The van der Waals surface area contributed by atoms with E-state index in [0.29, 0.717) is 23.2 Å². The standard InChI is InChI=1S/C15H13N5O/c16-9-10-3-1-2-4-12(10)19-14(21)13-7-8-17-15(20-13)18-11-5-6-11/h1-4,7-8,11H,5-6H2,(H,19,21)(H,17,18,20). The first-order valence-corrected chi connectivity index (χ1v) is 6.66. The summed E-state index contributed by atoms with van der Waals surface area (Å²) in [5.74, 6) is 0.0951. The van der Waals surface area contributed by atoms with Crippen molar-refractivity contribution in [2.75, 3.05) is 10.6 Å². The first kappa shape index (κ1) is 13.1. The van der Waals surface area contributed by atoms with Gasteiger partial charge in [0, 0.05) is 12.2 Å². The molecule has 0 atom stereocenters. The average Bonchev–Trinajstić information content (AvgIpc) is 3.32. The molecule has 21 heavy (non-hydrogen) atoms. The maximum absolute atomic E-state index is 12.2. The monoisotopic (exact) mass is 279 g/mol. The quantitative estimate of drug-likeness (QED) is 0.895. The van der Waals surface area contributed by atoms with E-state index in [1.54, 1.807) is 36.5 Å². The highest BCUT2D eigenvalue weighted by atomic mass is 16.1. The summed E-state index contributed by atoms with van der Waals surface area (Å²) in [6, 6.07) is 10.8. The first-order valence-electron chi connectivity index (χ1n) is 6.66. The van der Waals surface area contributed by atoms with Gasteiger partial charge in [-0.2, -0.15) is 5.26 Å². The highest BCUT2D eigenvalue weighted by molar-refractivity contribution is 6.03. The van der Waals surface area contributed by atoms with Crippen molar-refractivity contribution in [3.63, 3.8) is 0 Å². The Balaban J connectivity index is 1.77. The molecule has 1 heterocycles. The minimum Gasteiger partial charge on any atom is -0.351 e. The van der Waals surface area contributed by atoms with E-state index < -0.39 is 0 Å². The highest BCUT2D eigenvalue weighted by Crippen LogP contribution is 2.22. The van der Waals surface area contributed by atoms with Gasteiger partial charge in [-0.1, -0.05) is 12.1 Å². The predicted octanol–water partition coefficient (Wildman–Crippen LogP) is 2.17. The van der Waals surface area contributed by atoms with Crippen molar-refractivity contribution in [1.82, 2.24) is 9.97 Å². The Morgan fingerprint density at radius 1 is 1.29 bits per heavy atom. The van der Waals surface area contributed by atoms with E-state index in [1.807, 2.05) is 6.07 Å². The van der Waals surface area contributed by atoms with Crippen molar-refractivity contribution in [3.05, 3.63) is 47.8 Å². The zero-order chi connectivity index (χ0) is 14.7. The second-order valence-corrected chi connectivity index (χ2v) is 4.80. The first-order chi connectivity index (χ1) is 10.3. The maximum atomic E-state index is 12.2. The Labute approximate surface area is 121 Å². The molecular formula is C15H13N5O. The van der Waals surface area contributed by atoms with Crippen LogP contribution in [0.4, 0.5) is 11.6 Å². The number of nitrogens with zero attached hydrogens (tertiary/aromatic N) is 3. The number of anilines is 2. The Hall–Kier alpha value is -2.94. The Kier molecular flexibility index (Phi) is 3.48. The molecule has 0 radical (unpaired) electrons. The van der Waals surface area contributed by atoms with Gasteiger partial charge in [0.25, 0.3) is 5.91 Å². The lowest BCUT2D eigenvalue weighted by molar-refractivity contribution is 0.102. The number of hydrogen-bond donors (Lipinski definition) is 2. The van der Waals surface area contributed by atoms with Gasteiger partial charge in [-0.15, -0.1) is 0 Å². The Bertz CT molecular complexity index is 718. The molecule has 1 fully saturated rings. The lowest BCUT2D eigenvalue weighted by Gasteiger charge is -2.07. The molecule has 1 aliphatic rings. The third kappa shape index (κ3) is 3.15. The van der Waals surface area contributed by atoms with Crippen molar-refractivity contribution in [2.24, 2.45) is 0 Å². The number of nitrogens with one attached hydrogen (secondary N) is 2. The normalized spacial score (nSPS) is 13.3. The predicted molar refractivity (Wildman–Crippen MR) is 77.8 cm³/mol. The molecule has 6 nitrogen and oxygen atoms in total. The van der Waals surface area contributed by atoms with Gasteiger partial charge in [-0.25, -0.2) is 9.97 Å². The summed E-state index contributed by atoms with van der Waals surface area (Å²) in [5, 5.41) is 14.9. The molecule has 0 aliphatic heterocycles. The van der Waals surface area contributed by atoms with Crippen molar-refractivity contribution in [2.45, 2.75) is 18.9 Å². The van der Waals surface area contributed by atoms with Gasteiger partial charge in [0.15, 0.2) is 0 Å². The third-order valence-corrected chi connectivity index (χ3v) is 3.09. The van der Waals surface area contributed by atoms with E-state index in [-0.39, 0.29) is 11.6 Å². The molecule has 104 valence electrons. The van der Waals surface area contributed by atoms with Gasteiger partial charge in [0.1, 0.15) is 11.8 Å². The molecule has 2 N–H and O–H groups in total. The number of para-hydroxylation sites is 1. The molecule has 3 rings (SSSR count). The highest BCUT2D eigenvalue weighted by Gasteiger charge is 2.22. The van der Waals surface area contributed by atoms with Crippen molar-refractivity contribution in [3.8, 4) is 6.07 Å². The zero-order valence-corrected chi connectivity index (χ0v) is 11.2. The summed E-state index contributed by atoms with van der Waals surface area (Å²) in [7, 11) is 0. The summed E-state index contributed by atoms with van der Waals surface area (Å²) in [4.78, 5) is 20.5. The lowest BCUT2D eigenvalue weighted by Crippen LogP contribution is -2.16. The molecule has 1 aliphatic carbocycles. The van der Waals surface area contributed by atoms with E-state index >= 15 is 0 Å². The number of aromatic nitrogens is 2. The fraction of sp³-hybridized carbons (Fsp3) is 0.200. The van der Waals surface area contributed by atoms with Crippen LogP contribution in [0, 0.1) is 11.3 Å². The summed E-state index contributed by atoms with van der Waals surface area (Å²) in [6.45, 7) is 0. The van der Waals surface area contributed by atoms with E-state index in [1.165, 1.54) is 0 Å². The largest absolute Gasteiger partial charge is 0.351 e. The number of benzene rings is 1. The summed E-state index contributed by atoms with van der Waals surface area (Å²) in [6.07, 6.45) is 3.76. The van der Waals surface area contributed by atoms with Gasteiger partial charge < -0.3 is 10.6 Å². The molecule has 0 saturated heterocycles. The van der Waals surface area contributed by atoms with E-state index in [4.69, 9.17) is 5.26 Å². The van der Waals surface area contributed by atoms with Crippen LogP contribution in [0.2, 0.25) is 0 Å². The maximum Gasteiger partial charge on any atom is 0.274 e.